The number of aliphatic hydroxyl groups excluding tert-OH is 1. The number of hydrogen-bond donors (Lipinski definition) is 2. The van der Waals surface area contributed by atoms with E-state index in [0.717, 1.165) is 11.8 Å². The lowest BCUT2D eigenvalue weighted by molar-refractivity contribution is 0.102. The summed E-state index contributed by atoms with van der Waals surface area (Å²) in [5, 5.41) is 11.2. The third-order valence-electron chi connectivity index (χ3n) is 2.67. The summed E-state index contributed by atoms with van der Waals surface area (Å²) in [4.78, 5) is 15.8. The second kappa shape index (κ2) is 6.64. The first kappa shape index (κ1) is 14.7. The molecule has 2 aromatic rings. The number of pyridine rings is 1. The second-order valence-electron chi connectivity index (χ2n) is 4.36. The van der Waals surface area contributed by atoms with Crippen LogP contribution < -0.4 is 5.32 Å². The van der Waals surface area contributed by atoms with Crippen LogP contribution in [0.1, 0.15) is 21.5 Å². The number of aromatic nitrogens is 1. The van der Waals surface area contributed by atoms with Gasteiger partial charge in [0.15, 0.2) is 5.82 Å². The summed E-state index contributed by atoms with van der Waals surface area (Å²) in [6, 6.07) is 6.45. The number of aryl methyl sites for hydroxylation is 1. The Kier molecular flexibility index (Phi) is 4.64. The summed E-state index contributed by atoms with van der Waals surface area (Å²) in [6.07, 6.45) is 2.43. The van der Waals surface area contributed by atoms with E-state index in [9.17, 15) is 9.18 Å². The second-order valence-corrected chi connectivity index (χ2v) is 4.36. The van der Waals surface area contributed by atoms with E-state index in [0.29, 0.717) is 11.1 Å². The monoisotopic (exact) mass is 284 g/mol. The Balaban J connectivity index is 2.27. The van der Waals surface area contributed by atoms with Crippen molar-refractivity contribution in [3.63, 3.8) is 0 Å². The fourth-order valence-corrected chi connectivity index (χ4v) is 1.80. The lowest BCUT2D eigenvalue weighted by atomic mass is 10.1. The molecule has 2 N–H and O–H groups in total. The van der Waals surface area contributed by atoms with Crippen LogP contribution in [0.4, 0.5) is 10.1 Å². The topological polar surface area (TPSA) is 62.2 Å². The molecule has 1 aromatic heterocycles. The molecule has 0 atom stereocenters. The Hall–Kier alpha value is -2.71. The van der Waals surface area contributed by atoms with Gasteiger partial charge in [0.2, 0.25) is 0 Å². The molecule has 0 unspecified atom stereocenters. The summed E-state index contributed by atoms with van der Waals surface area (Å²) < 4.78 is 13.5. The smallest absolute Gasteiger partial charge is 0.255 e. The van der Waals surface area contributed by atoms with E-state index < -0.39 is 11.7 Å². The number of amides is 1. The lowest BCUT2D eigenvalue weighted by Gasteiger charge is -2.07. The molecule has 21 heavy (non-hydrogen) atoms. The highest BCUT2D eigenvalue weighted by molar-refractivity contribution is 6.04. The van der Waals surface area contributed by atoms with Gasteiger partial charge in [0.1, 0.15) is 6.61 Å². The van der Waals surface area contributed by atoms with Crippen molar-refractivity contribution in [3.8, 4) is 11.8 Å². The average molecular weight is 284 g/mol. The maximum atomic E-state index is 13.5. The van der Waals surface area contributed by atoms with Crippen molar-refractivity contribution < 1.29 is 14.3 Å². The molecule has 0 spiro atoms. The molecule has 0 aliphatic rings. The van der Waals surface area contributed by atoms with Crippen molar-refractivity contribution in [2.75, 3.05) is 11.9 Å². The van der Waals surface area contributed by atoms with Gasteiger partial charge in [-0.3, -0.25) is 9.78 Å². The van der Waals surface area contributed by atoms with Gasteiger partial charge in [-0.05, 0) is 36.8 Å². The molecule has 1 aromatic carbocycles. The number of halogens is 1. The highest BCUT2D eigenvalue weighted by Gasteiger charge is 2.10. The van der Waals surface area contributed by atoms with E-state index in [1.54, 1.807) is 18.2 Å². The van der Waals surface area contributed by atoms with Crippen LogP contribution in [0.25, 0.3) is 0 Å². The number of carbonyl (C=O) groups excluding carboxylic acids is 1. The number of benzene rings is 1. The van der Waals surface area contributed by atoms with E-state index in [2.05, 4.69) is 22.1 Å². The van der Waals surface area contributed by atoms with Crippen LogP contribution in [0.2, 0.25) is 0 Å². The number of nitrogens with one attached hydrogen (secondary N) is 1. The summed E-state index contributed by atoms with van der Waals surface area (Å²) in [6.45, 7) is 1.58. The minimum atomic E-state index is -0.598. The molecule has 0 fully saturated rings. The molecule has 1 heterocycles. The minimum Gasteiger partial charge on any atom is -0.384 e. The van der Waals surface area contributed by atoms with E-state index in [-0.39, 0.29) is 12.3 Å². The maximum Gasteiger partial charge on any atom is 0.255 e. The largest absolute Gasteiger partial charge is 0.384 e. The fourth-order valence-electron chi connectivity index (χ4n) is 1.80. The van der Waals surface area contributed by atoms with E-state index >= 15 is 0 Å². The Morgan fingerprint density at radius 1 is 1.43 bits per heavy atom. The minimum absolute atomic E-state index is 0.0690. The summed E-state index contributed by atoms with van der Waals surface area (Å²) in [5.41, 5.74) is 1.90. The molecule has 0 aliphatic heterocycles. The SMILES string of the molecule is Cc1cc(C#CCO)cc(C(=O)Nc2ccncc2F)c1. The Bertz CT molecular complexity index is 733. The molecule has 1 amide bonds. The van der Waals surface area contributed by atoms with Crippen LogP contribution >= 0.6 is 0 Å². The number of nitrogens with zero attached hydrogens (tertiary/aromatic N) is 1. The highest BCUT2D eigenvalue weighted by Crippen LogP contribution is 2.14. The maximum absolute atomic E-state index is 13.5. The van der Waals surface area contributed by atoms with Crippen molar-refractivity contribution in [1.82, 2.24) is 4.98 Å². The first-order chi connectivity index (χ1) is 10.1. The first-order valence-electron chi connectivity index (χ1n) is 6.22. The fraction of sp³-hybridized carbons (Fsp3) is 0.125. The molecule has 0 saturated heterocycles. The van der Waals surface area contributed by atoms with E-state index in [4.69, 9.17) is 5.11 Å². The first-order valence-corrected chi connectivity index (χ1v) is 6.22. The van der Waals surface area contributed by atoms with Crippen molar-refractivity contribution in [3.05, 3.63) is 59.2 Å². The summed E-state index contributed by atoms with van der Waals surface area (Å²) in [7, 11) is 0. The van der Waals surface area contributed by atoms with Crippen LogP contribution in [0, 0.1) is 24.6 Å². The van der Waals surface area contributed by atoms with Gasteiger partial charge in [0.05, 0.1) is 11.9 Å². The molecule has 2 rings (SSSR count). The van der Waals surface area contributed by atoms with Crippen molar-refractivity contribution in [2.45, 2.75) is 6.92 Å². The van der Waals surface area contributed by atoms with Crippen molar-refractivity contribution >= 4 is 11.6 Å². The van der Waals surface area contributed by atoms with Crippen LogP contribution in [-0.4, -0.2) is 22.6 Å². The van der Waals surface area contributed by atoms with Gasteiger partial charge in [-0.1, -0.05) is 11.8 Å². The van der Waals surface area contributed by atoms with Gasteiger partial charge in [-0.25, -0.2) is 4.39 Å². The number of rotatable bonds is 2. The van der Waals surface area contributed by atoms with Crippen LogP contribution in [0.15, 0.2) is 36.7 Å². The normalized spacial score (nSPS) is 9.67. The van der Waals surface area contributed by atoms with E-state index in [1.165, 1.54) is 12.3 Å². The zero-order chi connectivity index (χ0) is 15.2. The molecule has 5 heteroatoms. The van der Waals surface area contributed by atoms with Crippen LogP contribution in [0.3, 0.4) is 0 Å². The predicted molar refractivity (Wildman–Crippen MR) is 77.3 cm³/mol. The van der Waals surface area contributed by atoms with E-state index in [1.807, 2.05) is 6.92 Å². The highest BCUT2D eigenvalue weighted by atomic mass is 19.1. The zero-order valence-electron chi connectivity index (χ0n) is 11.4. The van der Waals surface area contributed by atoms with Gasteiger partial charge in [-0.15, -0.1) is 0 Å². The predicted octanol–water partition coefficient (Wildman–Crippen LogP) is 2.13. The molecular formula is C16H13FN2O2. The molecule has 0 bridgehead atoms. The molecule has 4 nitrogen and oxygen atoms in total. The van der Waals surface area contributed by atoms with Gasteiger partial charge in [0, 0.05) is 17.3 Å². The summed E-state index contributed by atoms with van der Waals surface area (Å²) in [5.74, 6) is 4.23. The third-order valence-corrected chi connectivity index (χ3v) is 2.67. The molecule has 106 valence electrons. The molecule has 0 saturated carbocycles. The lowest BCUT2D eigenvalue weighted by Crippen LogP contribution is -2.13. The van der Waals surface area contributed by atoms with Crippen molar-refractivity contribution in [1.29, 1.82) is 0 Å². The summed E-state index contributed by atoms with van der Waals surface area (Å²) >= 11 is 0. The van der Waals surface area contributed by atoms with Gasteiger partial charge in [0.25, 0.3) is 5.91 Å². The molecule has 0 radical (unpaired) electrons. The quantitative estimate of drug-likeness (QED) is 0.830. The number of carbonyl (C=O) groups is 1. The van der Waals surface area contributed by atoms with Gasteiger partial charge < -0.3 is 10.4 Å². The molecule has 0 aliphatic carbocycles. The number of hydrogen-bond acceptors (Lipinski definition) is 3. The van der Waals surface area contributed by atoms with Gasteiger partial charge >= 0.3 is 0 Å². The van der Waals surface area contributed by atoms with Crippen LogP contribution in [0.5, 0.6) is 0 Å². The van der Waals surface area contributed by atoms with Crippen molar-refractivity contribution in [2.24, 2.45) is 0 Å². The number of anilines is 1. The number of aliphatic hydroxyl groups is 1. The van der Waals surface area contributed by atoms with Crippen LogP contribution in [-0.2, 0) is 0 Å². The Labute approximate surface area is 121 Å². The third kappa shape index (κ3) is 3.88. The zero-order valence-corrected chi connectivity index (χ0v) is 11.4. The standard InChI is InChI=1S/C16H13FN2O2/c1-11-7-12(3-2-6-20)9-13(8-11)16(21)19-15-4-5-18-10-14(15)17/h4-5,7-10,20H,6H2,1H3,(H,18,19,21). The Morgan fingerprint density at radius 2 is 2.24 bits per heavy atom. The average Bonchev–Trinajstić information content (AvgIpc) is 2.47. The van der Waals surface area contributed by atoms with Gasteiger partial charge in [-0.2, -0.15) is 0 Å². The molecular weight excluding hydrogens is 271 g/mol. The Morgan fingerprint density at radius 3 is 2.95 bits per heavy atom.